The Hall–Kier alpha value is -0.0800. The molecule has 0 saturated heterocycles. The van der Waals surface area contributed by atoms with E-state index in [2.05, 4.69) is 37.9 Å². The van der Waals surface area contributed by atoms with Crippen LogP contribution in [0.4, 0.5) is 0 Å². The Bertz CT molecular complexity index is 209. The molecule has 1 atom stereocenters. The van der Waals surface area contributed by atoms with Crippen molar-refractivity contribution >= 4 is 0 Å². The lowest BCUT2D eigenvalue weighted by Crippen LogP contribution is -2.40. The molecule has 2 heteroatoms. The van der Waals surface area contributed by atoms with E-state index in [1.165, 1.54) is 64.7 Å². The van der Waals surface area contributed by atoms with Crippen LogP contribution in [0.2, 0.25) is 0 Å². The van der Waals surface area contributed by atoms with E-state index in [9.17, 15) is 0 Å². The third kappa shape index (κ3) is 7.31. The highest BCUT2D eigenvalue weighted by Crippen LogP contribution is 2.24. The van der Waals surface area contributed by atoms with Crippen molar-refractivity contribution in [2.24, 2.45) is 11.8 Å². The fourth-order valence-electron chi connectivity index (χ4n) is 3.11. The zero-order valence-electron chi connectivity index (χ0n) is 13.8. The molecule has 0 amide bonds. The molecule has 0 aromatic carbocycles. The first-order valence-electron chi connectivity index (χ1n) is 8.58. The lowest BCUT2D eigenvalue weighted by Gasteiger charge is -2.32. The maximum absolute atomic E-state index is 3.57. The van der Waals surface area contributed by atoms with E-state index in [1.807, 2.05) is 0 Å². The summed E-state index contributed by atoms with van der Waals surface area (Å²) in [5.74, 6) is 1.61. The quantitative estimate of drug-likeness (QED) is 0.604. The van der Waals surface area contributed by atoms with Crippen LogP contribution in [0.3, 0.4) is 0 Å². The van der Waals surface area contributed by atoms with Crippen LogP contribution in [-0.4, -0.2) is 37.1 Å². The van der Waals surface area contributed by atoms with Gasteiger partial charge in [0.25, 0.3) is 0 Å². The summed E-state index contributed by atoms with van der Waals surface area (Å²) < 4.78 is 0. The monoisotopic (exact) mass is 268 g/mol. The minimum atomic E-state index is 0.777. The molecular weight excluding hydrogens is 232 g/mol. The van der Waals surface area contributed by atoms with Crippen molar-refractivity contribution in [3.05, 3.63) is 0 Å². The van der Waals surface area contributed by atoms with Crippen molar-refractivity contribution < 1.29 is 0 Å². The highest BCUT2D eigenvalue weighted by atomic mass is 15.2. The minimum absolute atomic E-state index is 0.777. The van der Waals surface area contributed by atoms with E-state index in [0.717, 1.165) is 17.9 Å². The van der Waals surface area contributed by atoms with Gasteiger partial charge in [-0.25, -0.2) is 0 Å². The van der Waals surface area contributed by atoms with Gasteiger partial charge in [-0.2, -0.15) is 0 Å². The highest BCUT2D eigenvalue weighted by Gasteiger charge is 2.23. The van der Waals surface area contributed by atoms with Gasteiger partial charge in [0.15, 0.2) is 0 Å². The number of rotatable bonds is 10. The van der Waals surface area contributed by atoms with E-state index in [4.69, 9.17) is 0 Å². The minimum Gasteiger partial charge on any atom is -0.316 e. The van der Waals surface area contributed by atoms with E-state index in [0.29, 0.717) is 0 Å². The van der Waals surface area contributed by atoms with Gasteiger partial charge >= 0.3 is 0 Å². The fourth-order valence-corrected chi connectivity index (χ4v) is 3.11. The van der Waals surface area contributed by atoms with Gasteiger partial charge < -0.3 is 10.2 Å². The molecular formula is C17H36N2. The second-order valence-corrected chi connectivity index (χ2v) is 6.93. The summed E-state index contributed by atoms with van der Waals surface area (Å²) in [4.78, 5) is 2.80. The molecule has 1 fully saturated rings. The first kappa shape index (κ1) is 17.0. The summed E-state index contributed by atoms with van der Waals surface area (Å²) in [5, 5.41) is 3.57. The molecule has 0 aromatic heterocycles. The van der Waals surface area contributed by atoms with Gasteiger partial charge in [0.1, 0.15) is 0 Å². The second-order valence-electron chi connectivity index (χ2n) is 6.93. The third-order valence-corrected chi connectivity index (χ3v) is 4.30. The summed E-state index contributed by atoms with van der Waals surface area (Å²) in [6.07, 6.45) is 8.37. The van der Waals surface area contributed by atoms with Crippen molar-refractivity contribution in [2.75, 3.05) is 26.2 Å². The Kier molecular flexibility index (Phi) is 8.72. The Morgan fingerprint density at radius 2 is 1.84 bits per heavy atom. The number of hydrogen-bond acceptors (Lipinski definition) is 2. The Morgan fingerprint density at radius 3 is 2.42 bits per heavy atom. The zero-order valence-corrected chi connectivity index (χ0v) is 13.8. The Labute approximate surface area is 121 Å². The molecule has 2 nitrogen and oxygen atoms in total. The van der Waals surface area contributed by atoms with Crippen molar-refractivity contribution in [3.63, 3.8) is 0 Å². The zero-order chi connectivity index (χ0) is 14.1. The lowest BCUT2D eigenvalue weighted by atomic mass is 10.1. The summed E-state index contributed by atoms with van der Waals surface area (Å²) in [6, 6.07) is 0.882. The van der Waals surface area contributed by atoms with E-state index < -0.39 is 0 Å². The molecule has 19 heavy (non-hydrogen) atoms. The summed E-state index contributed by atoms with van der Waals surface area (Å²) in [5.41, 5.74) is 0. The van der Waals surface area contributed by atoms with Crippen LogP contribution < -0.4 is 5.32 Å². The van der Waals surface area contributed by atoms with Gasteiger partial charge in [-0.15, -0.1) is 0 Å². The van der Waals surface area contributed by atoms with Crippen LogP contribution in [0.1, 0.15) is 66.2 Å². The summed E-state index contributed by atoms with van der Waals surface area (Å²) in [7, 11) is 0. The van der Waals surface area contributed by atoms with Crippen LogP contribution in [0.15, 0.2) is 0 Å². The van der Waals surface area contributed by atoms with Crippen LogP contribution in [0, 0.1) is 11.8 Å². The molecule has 1 aliphatic rings. The molecule has 0 aliphatic heterocycles. The van der Waals surface area contributed by atoms with Gasteiger partial charge in [-0.1, -0.05) is 40.5 Å². The van der Waals surface area contributed by atoms with E-state index in [-0.39, 0.29) is 0 Å². The number of nitrogens with zero attached hydrogens (tertiary/aromatic N) is 1. The standard InChI is InChI=1S/C17H36N2/c1-5-11-18-13-16(4)14-19(12-10-15(2)3)17-8-6-7-9-17/h15-18H,5-14H2,1-4H3. The van der Waals surface area contributed by atoms with Crippen LogP contribution in [-0.2, 0) is 0 Å². The molecule has 0 radical (unpaired) electrons. The largest absolute Gasteiger partial charge is 0.316 e. The Balaban J connectivity index is 2.34. The molecule has 0 bridgehead atoms. The molecule has 1 N–H and O–H groups in total. The topological polar surface area (TPSA) is 15.3 Å². The molecule has 1 rings (SSSR count). The summed E-state index contributed by atoms with van der Waals surface area (Å²) >= 11 is 0. The van der Waals surface area contributed by atoms with Crippen molar-refractivity contribution in [2.45, 2.75) is 72.3 Å². The molecule has 1 unspecified atom stereocenters. The number of nitrogens with one attached hydrogen (secondary N) is 1. The van der Waals surface area contributed by atoms with Crippen molar-refractivity contribution in [1.29, 1.82) is 0 Å². The highest BCUT2D eigenvalue weighted by molar-refractivity contribution is 4.79. The molecule has 0 aromatic rings. The Morgan fingerprint density at radius 1 is 1.16 bits per heavy atom. The molecule has 1 saturated carbocycles. The molecule has 1 aliphatic carbocycles. The lowest BCUT2D eigenvalue weighted by molar-refractivity contribution is 0.163. The van der Waals surface area contributed by atoms with Gasteiger partial charge in [0.2, 0.25) is 0 Å². The average molecular weight is 268 g/mol. The SMILES string of the molecule is CCCNCC(C)CN(CCC(C)C)C1CCCC1. The first-order valence-corrected chi connectivity index (χ1v) is 8.58. The predicted molar refractivity (Wildman–Crippen MR) is 85.6 cm³/mol. The second kappa shape index (κ2) is 9.77. The smallest absolute Gasteiger partial charge is 0.00953 e. The third-order valence-electron chi connectivity index (χ3n) is 4.30. The van der Waals surface area contributed by atoms with E-state index >= 15 is 0 Å². The van der Waals surface area contributed by atoms with Crippen LogP contribution >= 0.6 is 0 Å². The average Bonchev–Trinajstić information content (AvgIpc) is 2.88. The van der Waals surface area contributed by atoms with E-state index in [1.54, 1.807) is 0 Å². The molecule has 0 heterocycles. The maximum atomic E-state index is 3.57. The maximum Gasteiger partial charge on any atom is 0.00953 e. The first-order chi connectivity index (χ1) is 9.13. The number of hydrogen-bond donors (Lipinski definition) is 1. The van der Waals surface area contributed by atoms with Crippen molar-refractivity contribution in [1.82, 2.24) is 10.2 Å². The molecule has 0 spiro atoms. The van der Waals surface area contributed by atoms with Gasteiger partial charge in [-0.05, 0) is 57.2 Å². The predicted octanol–water partition coefficient (Wildman–Crippen LogP) is 3.91. The van der Waals surface area contributed by atoms with Crippen molar-refractivity contribution in [3.8, 4) is 0 Å². The van der Waals surface area contributed by atoms with Crippen LogP contribution in [0.5, 0.6) is 0 Å². The summed E-state index contributed by atoms with van der Waals surface area (Å²) in [6.45, 7) is 14.3. The van der Waals surface area contributed by atoms with Gasteiger partial charge in [0, 0.05) is 12.6 Å². The normalized spacial score (nSPS) is 18.6. The molecule has 114 valence electrons. The van der Waals surface area contributed by atoms with Gasteiger partial charge in [-0.3, -0.25) is 0 Å². The van der Waals surface area contributed by atoms with Crippen LogP contribution in [0.25, 0.3) is 0 Å². The fraction of sp³-hybridized carbons (Fsp3) is 1.00. The van der Waals surface area contributed by atoms with Gasteiger partial charge in [0.05, 0.1) is 0 Å².